The highest BCUT2D eigenvalue weighted by molar-refractivity contribution is 7.71. The summed E-state index contributed by atoms with van der Waals surface area (Å²) in [5.74, 6) is 0. The predicted octanol–water partition coefficient (Wildman–Crippen LogP) is 2.43. The van der Waals surface area contributed by atoms with Crippen molar-refractivity contribution in [2.24, 2.45) is 0 Å². The Morgan fingerprint density at radius 3 is 2.38 bits per heavy atom. The van der Waals surface area contributed by atoms with Crippen molar-refractivity contribution >= 4 is 17.9 Å². The van der Waals surface area contributed by atoms with E-state index in [9.17, 15) is 4.79 Å². The van der Waals surface area contributed by atoms with Crippen LogP contribution in [0.25, 0.3) is 0 Å². The molecular weight excluding hydrogens is 220 g/mol. The van der Waals surface area contributed by atoms with Crippen LogP contribution in [0.4, 0.5) is 5.69 Å². The molecule has 4 heteroatoms. The smallest absolute Gasteiger partial charge is 0.200 e. The molecule has 0 aliphatic carbocycles. The number of nitrogens with one attached hydrogen (secondary N) is 1. The van der Waals surface area contributed by atoms with Crippen molar-refractivity contribution in [1.29, 1.82) is 0 Å². The van der Waals surface area contributed by atoms with Gasteiger partial charge in [-0.05, 0) is 33.5 Å². The zero-order chi connectivity index (χ0) is 12.6. The first-order valence-electron chi connectivity index (χ1n) is 5.80. The van der Waals surface area contributed by atoms with Gasteiger partial charge in [-0.1, -0.05) is 26.1 Å². The van der Waals surface area contributed by atoms with Gasteiger partial charge in [0.25, 0.3) is 0 Å². The van der Waals surface area contributed by atoms with E-state index in [-0.39, 0.29) is 5.43 Å². The minimum Gasteiger partial charge on any atom is -0.384 e. The Morgan fingerprint density at radius 1 is 1.31 bits per heavy atom. The third kappa shape index (κ3) is 5.37. The summed E-state index contributed by atoms with van der Waals surface area (Å²) < 4.78 is 0.456. The fraction of sp³-hybridized carbons (Fsp3) is 0.667. The van der Waals surface area contributed by atoms with Crippen molar-refractivity contribution < 1.29 is 0 Å². The largest absolute Gasteiger partial charge is 0.384 e. The maximum Gasteiger partial charge on any atom is 0.200 e. The maximum atomic E-state index is 10.8. The standard InChI is InChI=1S/C10H16N2OS.C2H6/c1-12(2)6-4-3-5-11-8-7-9(13)10(8)14;1-2/h7,11H,3-6H2,1-2H3;1-2H3. The second-order valence-electron chi connectivity index (χ2n) is 3.69. The van der Waals surface area contributed by atoms with Crippen molar-refractivity contribution in [3.63, 3.8) is 0 Å². The number of anilines is 1. The zero-order valence-electron chi connectivity index (χ0n) is 10.7. The first-order valence-corrected chi connectivity index (χ1v) is 6.21. The van der Waals surface area contributed by atoms with E-state index in [1.807, 2.05) is 13.8 Å². The van der Waals surface area contributed by atoms with Gasteiger partial charge >= 0.3 is 0 Å². The molecule has 92 valence electrons. The molecule has 1 aromatic carbocycles. The highest BCUT2D eigenvalue weighted by Crippen LogP contribution is 2.07. The van der Waals surface area contributed by atoms with Gasteiger partial charge in [-0.15, -0.1) is 0 Å². The molecule has 0 heterocycles. The third-order valence-electron chi connectivity index (χ3n) is 2.09. The topological polar surface area (TPSA) is 32.3 Å². The molecular formula is C12H22N2OS. The molecule has 3 nitrogen and oxygen atoms in total. The van der Waals surface area contributed by atoms with E-state index in [2.05, 4.69) is 24.3 Å². The lowest BCUT2D eigenvalue weighted by Crippen LogP contribution is -2.16. The summed E-state index contributed by atoms with van der Waals surface area (Å²) >= 11 is 4.86. The number of unbranched alkanes of at least 4 members (excludes halogenated alkanes) is 1. The van der Waals surface area contributed by atoms with Crippen LogP contribution >= 0.6 is 12.2 Å². The maximum absolute atomic E-state index is 10.8. The summed E-state index contributed by atoms with van der Waals surface area (Å²) in [6, 6.07) is 1.56. The first-order chi connectivity index (χ1) is 7.61. The van der Waals surface area contributed by atoms with Gasteiger partial charge < -0.3 is 10.2 Å². The minimum absolute atomic E-state index is 0.0178. The normalized spacial score (nSPS) is 10.1. The van der Waals surface area contributed by atoms with Gasteiger partial charge in [0.2, 0.25) is 5.43 Å². The zero-order valence-corrected chi connectivity index (χ0v) is 11.5. The molecule has 0 atom stereocenters. The van der Waals surface area contributed by atoms with Crippen molar-refractivity contribution in [1.82, 2.24) is 4.90 Å². The lowest BCUT2D eigenvalue weighted by atomic mass is 10.2. The summed E-state index contributed by atoms with van der Waals surface area (Å²) in [5.41, 5.74) is 0.825. The molecule has 0 aromatic heterocycles. The van der Waals surface area contributed by atoms with Crippen molar-refractivity contribution in [2.45, 2.75) is 26.7 Å². The van der Waals surface area contributed by atoms with Crippen LogP contribution in [0.1, 0.15) is 26.7 Å². The van der Waals surface area contributed by atoms with E-state index in [0.29, 0.717) is 4.51 Å². The molecule has 1 N–H and O–H groups in total. The van der Waals surface area contributed by atoms with Crippen LogP contribution in [-0.2, 0) is 0 Å². The van der Waals surface area contributed by atoms with Crippen LogP contribution in [0.15, 0.2) is 10.9 Å². The number of hydrogen-bond acceptors (Lipinski definition) is 4. The Hall–Kier alpha value is -0.740. The van der Waals surface area contributed by atoms with Gasteiger partial charge in [-0.25, -0.2) is 0 Å². The van der Waals surface area contributed by atoms with E-state index in [1.54, 1.807) is 6.07 Å². The minimum atomic E-state index is -0.0178. The second kappa shape index (κ2) is 8.42. The quantitative estimate of drug-likeness (QED) is 0.613. The molecule has 0 unspecified atom stereocenters. The van der Waals surface area contributed by atoms with Crippen molar-refractivity contribution in [3.8, 4) is 0 Å². The summed E-state index contributed by atoms with van der Waals surface area (Å²) in [7, 11) is 4.13. The van der Waals surface area contributed by atoms with Crippen LogP contribution in [0, 0.1) is 4.51 Å². The highest BCUT2D eigenvalue weighted by atomic mass is 32.1. The summed E-state index contributed by atoms with van der Waals surface area (Å²) in [6.45, 7) is 6.00. The van der Waals surface area contributed by atoms with Gasteiger partial charge in [0.05, 0.1) is 5.69 Å². The SMILES string of the molecule is CC.CN(C)CCCCNc1cc(=O)c1=S. The molecule has 0 spiro atoms. The second-order valence-corrected chi connectivity index (χ2v) is 4.10. The van der Waals surface area contributed by atoms with E-state index >= 15 is 0 Å². The van der Waals surface area contributed by atoms with Gasteiger partial charge in [-0.3, -0.25) is 4.79 Å². The Labute approximate surface area is 103 Å². The predicted molar refractivity (Wildman–Crippen MR) is 73.5 cm³/mol. The monoisotopic (exact) mass is 242 g/mol. The van der Waals surface area contributed by atoms with Crippen LogP contribution < -0.4 is 10.7 Å². The van der Waals surface area contributed by atoms with Gasteiger partial charge in [0, 0.05) is 12.6 Å². The number of rotatable bonds is 6. The molecule has 0 amide bonds. The van der Waals surface area contributed by atoms with E-state index in [1.165, 1.54) is 0 Å². The van der Waals surface area contributed by atoms with Crippen LogP contribution in [-0.4, -0.2) is 32.1 Å². The van der Waals surface area contributed by atoms with E-state index < -0.39 is 0 Å². The third-order valence-corrected chi connectivity index (χ3v) is 2.51. The van der Waals surface area contributed by atoms with Crippen molar-refractivity contribution in [3.05, 3.63) is 20.8 Å². The molecule has 0 saturated heterocycles. The Kier molecular flexibility index (Phi) is 8.03. The summed E-state index contributed by atoms with van der Waals surface area (Å²) in [4.78, 5) is 12.9. The van der Waals surface area contributed by atoms with E-state index in [0.717, 1.165) is 31.6 Å². The molecule has 0 radical (unpaired) electrons. The molecule has 1 rings (SSSR count). The first kappa shape index (κ1) is 15.3. The molecule has 0 fully saturated rings. The molecule has 0 aliphatic rings. The van der Waals surface area contributed by atoms with Crippen LogP contribution in [0.5, 0.6) is 0 Å². The molecule has 0 saturated carbocycles. The molecule has 16 heavy (non-hydrogen) atoms. The molecule has 1 aromatic rings. The van der Waals surface area contributed by atoms with Gasteiger partial charge in [-0.2, -0.15) is 0 Å². The lowest BCUT2D eigenvalue weighted by molar-refractivity contribution is 0.396. The number of hydrogen-bond donors (Lipinski definition) is 1. The fourth-order valence-corrected chi connectivity index (χ4v) is 1.41. The summed E-state index contributed by atoms with van der Waals surface area (Å²) in [6.07, 6.45) is 2.26. The number of nitrogens with zero attached hydrogens (tertiary/aromatic N) is 1. The molecule has 0 bridgehead atoms. The van der Waals surface area contributed by atoms with Gasteiger partial charge in [0.15, 0.2) is 0 Å². The molecule has 0 aliphatic heterocycles. The Balaban J connectivity index is 0.00000106. The van der Waals surface area contributed by atoms with Crippen LogP contribution in [0.3, 0.4) is 0 Å². The average molecular weight is 242 g/mol. The average Bonchev–Trinajstić information content (AvgIpc) is 2.29. The van der Waals surface area contributed by atoms with Crippen LogP contribution in [0.2, 0.25) is 0 Å². The fourth-order valence-electron chi connectivity index (χ4n) is 1.22. The van der Waals surface area contributed by atoms with Crippen molar-refractivity contribution in [2.75, 3.05) is 32.5 Å². The Morgan fingerprint density at radius 2 is 1.94 bits per heavy atom. The Bertz CT molecular complexity index is 353. The lowest BCUT2D eigenvalue weighted by Gasteiger charge is -2.10. The summed E-state index contributed by atoms with van der Waals surface area (Å²) in [5, 5.41) is 3.15. The van der Waals surface area contributed by atoms with Gasteiger partial charge in [0.1, 0.15) is 4.51 Å². The highest BCUT2D eigenvalue weighted by Gasteiger charge is 2.03. The van der Waals surface area contributed by atoms with E-state index in [4.69, 9.17) is 12.2 Å².